The number of hydrogen-bond acceptors (Lipinski definition) is 1. The Morgan fingerprint density at radius 2 is 1.80 bits per heavy atom. The molecule has 15 heavy (non-hydrogen) atoms. The van der Waals surface area contributed by atoms with E-state index in [1.54, 1.807) is 0 Å². The van der Waals surface area contributed by atoms with Gasteiger partial charge in [0, 0.05) is 6.04 Å². The van der Waals surface area contributed by atoms with Crippen molar-refractivity contribution in [1.29, 1.82) is 0 Å². The zero-order chi connectivity index (χ0) is 10.5. The largest absolute Gasteiger partial charge is 0.328 e. The van der Waals surface area contributed by atoms with E-state index in [-0.39, 0.29) is 0 Å². The lowest BCUT2D eigenvalue weighted by atomic mass is 9.92. The summed E-state index contributed by atoms with van der Waals surface area (Å²) in [6, 6.07) is 11.3. The summed E-state index contributed by atoms with van der Waals surface area (Å²) in [4.78, 5) is 0. The fourth-order valence-corrected chi connectivity index (χ4v) is 2.56. The first-order valence-corrected chi connectivity index (χ1v) is 6.14. The standard InChI is InChI=1S/C14H21N/c15-14-8-4-7-13(9-10-14)11-12-5-2-1-3-6-12/h1-3,5-6,13-14H,4,7-11,15H2. The molecular weight excluding hydrogens is 182 g/mol. The van der Waals surface area contributed by atoms with Crippen LogP contribution in [0.15, 0.2) is 30.3 Å². The van der Waals surface area contributed by atoms with Crippen LogP contribution in [0.1, 0.15) is 37.7 Å². The maximum atomic E-state index is 5.99. The summed E-state index contributed by atoms with van der Waals surface area (Å²) < 4.78 is 0. The third-order valence-electron chi connectivity index (χ3n) is 3.50. The van der Waals surface area contributed by atoms with Crippen molar-refractivity contribution in [2.45, 2.75) is 44.6 Å². The fourth-order valence-electron chi connectivity index (χ4n) is 2.56. The first-order valence-electron chi connectivity index (χ1n) is 6.14. The van der Waals surface area contributed by atoms with Crippen LogP contribution in [0.5, 0.6) is 0 Å². The van der Waals surface area contributed by atoms with E-state index in [1.165, 1.54) is 44.1 Å². The lowest BCUT2D eigenvalue weighted by Crippen LogP contribution is -2.18. The van der Waals surface area contributed by atoms with Gasteiger partial charge >= 0.3 is 0 Å². The molecule has 2 rings (SSSR count). The molecule has 82 valence electrons. The van der Waals surface area contributed by atoms with E-state index in [0.29, 0.717) is 6.04 Å². The van der Waals surface area contributed by atoms with E-state index >= 15 is 0 Å². The lowest BCUT2D eigenvalue weighted by Gasteiger charge is -2.13. The van der Waals surface area contributed by atoms with Gasteiger partial charge < -0.3 is 5.73 Å². The van der Waals surface area contributed by atoms with Crippen LogP contribution in [0, 0.1) is 5.92 Å². The van der Waals surface area contributed by atoms with E-state index < -0.39 is 0 Å². The Kier molecular flexibility index (Phi) is 3.79. The smallest absolute Gasteiger partial charge is 0.00389 e. The van der Waals surface area contributed by atoms with Crippen molar-refractivity contribution in [2.24, 2.45) is 11.7 Å². The SMILES string of the molecule is NC1CCCC(Cc2ccccc2)CC1. The van der Waals surface area contributed by atoms with Gasteiger partial charge in [0.25, 0.3) is 0 Å². The van der Waals surface area contributed by atoms with Gasteiger partial charge in [-0.05, 0) is 37.2 Å². The van der Waals surface area contributed by atoms with Gasteiger partial charge in [0.05, 0.1) is 0 Å². The second-order valence-corrected chi connectivity index (χ2v) is 4.82. The Bertz CT molecular complexity index is 281. The Morgan fingerprint density at radius 3 is 2.60 bits per heavy atom. The number of benzene rings is 1. The normalized spacial score (nSPS) is 27.3. The number of hydrogen-bond donors (Lipinski definition) is 1. The van der Waals surface area contributed by atoms with Crippen molar-refractivity contribution >= 4 is 0 Å². The van der Waals surface area contributed by atoms with Gasteiger partial charge in [-0.2, -0.15) is 0 Å². The molecule has 1 nitrogen and oxygen atoms in total. The van der Waals surface area contributed by atoms with Crippen LogP contribution in [0.4, 0.5) is 0 Å². The molecule has 1 aliphatic carbocycles. The predicted octanol–water partition coefficient (Wildman–Crippen LogP) is 3.14. The van der Waals surface area contributed by atoms with Crippen molar-refractivity contribution in [3.05, 3.63) is 35.9 Å². The molecule has 0 radical (unpaired) electrons. The Morgan fingerprint density at radius 1 is 1.00 bits per heavy atom. The highest BCUT2D eigenvalue weighted by Gasteiger charge is 2.16. The summed E-state index contributed by atoms with van der Waals surface area (Å²) in [5.41, 5.74) is 7.47. The van der Waals surface area contributed by atoms with Crippen LogP contribution in [0.3, 0.4) is 0 Å². The molecule has 2 unspecified atom stereocenters. The molecule has 1 saturated carbocycles. The summed E-state index contributed by atoms with van der Waals surface area (Å²) in [5, 5.41) is 0. The van der Waals surface area contributed by atoms with Gasteiger partial charge in [-0.15, -0.1) is 0 Å². The molecule has 2 N–H and O–H groups in total. The topological polar surface area (TPSA) is 26.0 Å². The van der Waals surface area contributed by atoms with Crippen LogP contribution in [-0.4, -0.2) is 6.04 Å². The second kappa shape index (κ2) is 5.32. The predicted molar refractivity (Wildman–Crippen MR) is 64.7 cm³/mol. The zero-order valence-electron chi connectivity index (χ0n) is 9.36. The molecule has 0 heterocycles. The van der Waals surface area contributed by atoms with Gasteiger partial charge in [-0.25, -0.2) is 0 Å². The van der Waals surface area contributed by atoms with E-state index in [9.17, 15) is 0 Å². The first kappa shape index (κ1) is 10.7. The summed E-state index contributed by atoms with van der Waals surface area (Å²) in [5.74, 6) is 0.862. The highest BCUT2D eigenvalue weighted by Crippen LogP contribution is 2.25. The molecule has 1 aliphatic rings. The summed E-state index contributed by atoms with van der Waals surface area (Å²) in [6.45, 7) is 0. The van der Waals surface area contributed by atoms with Crippen LogP contribution in [0.2, 0.25) is 0 Å². The molecule has 0 amide bonds. The average Bonchev–Trinajstić information content (AvgIpc) is 2.46. The Balaban J connectivity index is 1.89. The van der Waals surface area contributed by atoms with Gasteiger partial charge in [-0.1, -0.05) is 43.2 Å². The van der Waals surface area contributed by atoms with Crippen LogP contribution in [0.25, 0.3) is 0 Å². The van der Waals surface area contributed by atoms with Crippen molar-refractivity contribution in [1.82, 2.24) is 0 Å². The third-order valence-corrected chi connectivity index (χ3v) is 3.50. The van der Waals surface area contributed by atoms with Crippen LogP contribution in [-0.2, 0) is 6.42 Å². The van der Waals surface area contributed by atoms with E-state index in [4.69, 9.17) is 5.73 Å². The van der Waals surface area contributed by atoms with Gasteiger partial charge in [-0.3, -0.25) is 0 Å². The second-order valence-electron chi connectivity index (χ2n) is 4.82. The summed E-state index contributed by atoms with van der Waals surface area (Å²) in [6.07, 6.45) is 7.69. The summed E-state index contributed by atoms with van der Waals surface area (Å²) in [7, 11) is 0. The van der Waals surface area contributed by atoms with Gasteiger partial charge in [0.2, 0.25) is 0 Å². The summed E-state index contributed by atoms with van der Waals surface area (Å²) >= 11 is 0. The fraction of sp³-hybridized carbons (Fsp3) is 0.571. The van der Waals surface area contributed by atoms with Gasteiger partial charge in [0.15, 0.2) is 0 Å². The molecule has 1 aromatic rings. The lowest BCUT2D eigenvalue weighted by molar-refractivity contribution is 0.454. The molecule has 0 bridgehead atoms. The quantitative estimate of drug-likeness (QED) is 0.734. The molecule has 0 aliphatic heterocycles. The van der Waals surface area contributed by atoms with Crippen molar-refractivity contribution in [3.63, 3.8) is 0 Å². The molecule has 1 heteroatoms. The highest BCUT2D eigenvalue weighted by atomic mass is 14.6. The minimum absolute atomic E-state index is 0.464. The monoisotopic (exact) mass is 203 g/mol. The molecule has 1 aromatic carbocycles. The third kappa shape index (κ3) is 3.35. The molecule has 0 spiro atoms. The van der Waals surface area contributed by atoms with Crippen LogP contribution >= 0.6 is 0 Å². The van der Waals surface area contributed by atoms with Crippen LogP contribution < -0.4 is 5.73 Å². The van der Waals surface area contributed by atoms with E-state index in [1.807, 2.05) is 0 Å². The average molecular weight is 203 g/mol. The maximum absolute atomic E-state index is 5.99. The minimum Gasteiger partial charge on any atom is -0.328 e. The first-order chi connectivity index (χ1) is 7.34. The maximum Gasteiger partial charge on any atom is 0.00389 e. The molecule has 2 atom stereocenters. The highest BCUT2D eigenvalue weighted by molar-refractivity contribution is 5.15. The number of nitrogens with two attached hydrogens (primary N) is 1. The van der Waals surface area contributed by atoms with Gasteiger partial charge in [0.1, 0.15) is 0 Å². The molecular formula is C14H21N. The van der Waals surface area contributed by atoms with Crippen molar-refractivity contribution < 1.29 is 0 Å². The molecule has 1 fully saturated rings. The number of rotatable bonds is 2. The minimum atomic E-state index is 0.464. The Hall–Kier alpha value is -0.820. The zero-order valence-corrected chi connectivity index (χ0v) is 9.36. The van der Waals surface area contributed by atoms with E-state index in [0.717, 1.165) is 5.92 Å². The van der Waals surface area contributed by atoms with Crippen molar-refractivity contribution in [3.8, 4) is 0 Å². The molecule has 0 aromatic heterocycles. The van der Waals surface area contributed by atoms with Crippen molar-refractivity contribution in [2.75, 3.05) is 0 Å². The Labute approximate surface area is 92.7 Å². The van der Waals surface area contributed by atoms with E-state index in [2.05, 4.69) is 30.3 Å². The molecule has 0 saturated heterocycles.